The third-order valence-electron chi connectivity index (χ3n) is 1.84. The Morgan fingerprint density at radius 2 is 2.44 bits per heavy atom. The number of rotatable bonds is 0. The van der Waals surface area contributed by atoms with Crippen molar-refractivity contribution in [1.29, 1.82) is 0 Å². The predicted octanol–water partition coefficient (Wildman–Crippen LogP) is 0.878. The minimum Gasteiger partial charge on any atom is -0.458 e. The van der Waals surface area contributed by atoms with E-state index in [1.54, 1.807) is 0 Å². The smallest absolute Gasteiger partial charge is 0.306 e. The molecule has 0 amide bonds. The topological polar surface area (TPSA) is 26.3 Å². The number of hydrogen-bond acceptors (Lipinski definition) is 2. The average Bonchev–Trinajstić information content (AvgIpc) is 2.11. The molecule has 0 aromatic heterocycles. The molecular weight excluding hydrogens is 116 g/mol. The van der Waals surface area contributed by atoms with Crippen LogP contribution in [-0.4, -0.2) is 12.1 Å². The Hall–Kier alpha value is -0.790. The number of carbonyl (C=O) groups excluding carboxylic acids is 1. The van der Waals surface area contributed by atoms with Gasteiger partial charge in [0.15, 0.2) is 0 Å². The van der Waals surface area contributed by atoms with E-state index in [4.69, 9.17) is 4.74 Å². The number of ether oxygens (including phenoxy) is 1. The zero-order valence-electron chi connectivity index (χ0n) is 5.04. The summed E-state index contributed by atoms with van der Waals surface area (Å²) in [5.41, 5.74) is 0. The second-order valence-electron chi connectivity index (χ2n) is 2.61. The number of carbonyl (C=O) groups is 1. The molecule has 0 radical (unpaired) electrons. The van der Waals surface area contributed by atoms with E-state index in [0.717, 1.165) is 6.42 Å². The third-order valence-corrected chi connectivity index (χ3v) is 1.84. The van der Waals surface area contributed by atoms with Crippen molar-refractivity contribution >= 4 is 5.97 Å². The van der Waals surface area contributed by atoms with Gasteiger partial charge in [0, 0.05) is 0 Å². The number of allylic oxidation sites excluding steroid dienone is 1. The van der Waals surface area contributed by atoms with E-state index in [2.05, 4.69) is 6.08 Å². The Balaban J connectivity index is 2.18. The summed E-state index contributed by atoms with van der Waals surface area (Å²) < 4.78 is 4.95. The molecule has 2 rings (SSSR count). The molecule has 48 valence electrons. The maximum absolute atomic E-state index is 10.7. The fraction of sp³-hybridized carbons (Fsp3) is 0.571. The van der Waals surface area contributed by atoms with Gasteiger partial charge in [0.25, 0.3) is 0 Å². The highest BCUT2D eigenvalue weighted by Gasteiger charge is 2.29. The molecule has 2 unspecified atom stereocenters. The standard InChI is InChI=1S/C7H8O2/c8-7-4-5-1-2-6(3-5)9-7/h1-2,5-6H,3-4H2. The van der Waals surface area contributed by atoms with Crippen molar-refractivity contribution in [3.8, 4) is 0 Å². The zero-order valence-corrected chi connectivity index (χ0v) is 5.04. The van der Waals surface area contributed by atoms with Crippen molar-refractivity contribution in [2.45, 2.75) is 18.9 Å². The van der Waals surface area contributed by atoms with E-state index in [0.29, 0.717) is 12.3 Å². The second kappa shape index (κ2) is 1.59. The molecular formula is C7H8O2. The van der Waals surface area contributed by atoms with Gasteiger partial charge in [0.05, 0.1) is 6.42 Å². The summed E-state index contributed by atoms with van der Waals surface area (Å²) in [6.45, 7) is 0. The number of esters is 1. The fourth-order valence-corrected chi connectivity index (χ4v) is 1.41. The van der Waals surface area contributed by atoms with Crippen LogP contribution in [0, 0.1) is 5.92 Å². The summed E-state index contributed by atoms with van der Waals surface area (Å²) in [7, 11) is 0. The van der Waals surface area contributed by atoms with Gasteiger partial charge in [-0.1, -0.05) is 6.08 Å². The molecule has 9 heavy (non-hydrogen) atoms. The molecule has 2 bridgehead atoms. The van der Waals surface area contributed by atoms with Crippen LogP contribution in [0.2, 0.25) is 0 Å². The van der Waals surface area contributed by atoms with E-state index in [9.17, 15) is 4.79 Å². The summed E-state index contributed by atoms with van der Waals surface area (Å²) >= 11 is 0. The number of hydrogen-bond donors (Lipinski definition) is 0. The third kappa shape index (κ3) is 0.745. The molecule has 1 heterocycles. The Labute approximate surface area is 53.5 Å². The molecule has 1 aliphatic carbocycles. The first kappa shape index (κ1) is 5.03. The molecule has 0 N–H and O–H groups in total. The molecule has 0 aromatic carbocycles. The number of fused-ring (bicyclic) bond motifs is 2. The van der Waals surface area contributed by atoms with E-state index in [1.807, 2.05) is 6.08 Å². The molecule has 2 heteroatoms. The lowest BCUT2D eigenvalue weighted by molar-refractivity contribution is -0.151. The molecule has 2 atom stereocenters. The van der Waals surface area contributed by atoms with Crippen LogP contribution in [0.4, 0.5) is 0 Å². The second-order valence-corrected chi connectivity index (χ2v) is 2.61. The van der Waals surface area contributed by atoms with Crippen molar-refractivity contribution < 1.29 is 9.53 Å². The average molecular weight is 124 g/mol. The molecule has 1 fully saturated rings. The van der Waals surface area contributed by atoms with Gasteiger partial charge in [0.2, 0.25) is 0 Å². The summed E-state index contributed by atoms with van der Waals surface area (Å²) in [5, 5.41) is 0. The minimum atomic E-state index is -0.0405. The van der Waals surface area contributed by atoms with Gasteiger partial charge in [0.1, 0.15) is 6.10 Å². The van der Waals surface area contributed by atoms with Gasteiger partial charge in [-0.2, -0.15) is 0 Å². The van der Waals surface area contributed by atoms with Crippen molar-refractivity contribution in [2.75, 3.05) is 0 Å². The van der Waals surface area contributed by atoms with Crippen LogP contribution in [0.1, 0.15) is 12.8 Å². The molecule has 0 saturated carbocycles. The Kier molecular flexibility index (Phi) is 0.891. The van der Waals surface area contributed by atoms with Crippen LogP contribution in [-0.2, 0) is 9.53 Å². The lowest BCUT2D eigenvalue weighted by Crippen LogP contribution is -2.22. The van der Waals surface area contributed by atoms with Crippen molar-refractivity contribution in [2.24, 2.45) is 5.92 Å². The minimum absolute atomic E-state index is 0.0405. The zero-order chi connectivity index (χ0) is 6.27. The predicted molar refractivity (Wildman–Crippen MR) is 31.7 cm³/mol. The Morgan fingerprint density at radius 1 is 1.56 bits per heavy atom. The lowest BCUT2D eigenvalue weighted by Gasteiger charge is -2.18. The molecule has 0 spiro atoms. The Morgan fingerprint density at radius 3 is 3.22 bits per heavy atom. The monoisotopic (exact) mass is 124 g/mol. The molecule has 2 aliphatic rings. The quantitative estimate of drug-likeness (QED) is 0.354. The molecule has 2 nitrogen and oxygen atoms in total. The van der Waals surface area contributed by atoms with Crippen molar-refractivity contribution in [1.82, 2.24) is 0 Å². The molecule has 0 aromatic rings. The maximum atomic E-state index is 10.7. The van der Waals surface area contributed by atoms with Crippen LogP contribution < -0.4 is 0 Å². The van der Waals surface area contributed by atoms with E-state index >= 15 is 0 Å². The Bertz CT molecular complexity index is 156. The summed E-state index contributed by atoms with van der Waals surface area (Å²) in [6, 6.07) is 0. The van der Waals surface area contributed by atoms with Crippen LogP contribution in [0.3, 0.4) is 0 Å². The van der Waals surface area contributed by atoms with Crippen LogP contribution >= 0.6 is 0 Å². The first-order chi connectivity index (χ1) is 4.34. The highest BCUT2D eigenvalue weighted by molar-refractivity contribution is 5.71. The highest BCUT2D eigenvalue weighted by Crippen LogP contribution is 2.28. The van der Waals surface area contributed by atoms with Gasteiger partial charge >= 0.3 is 5.97 Å². The summed E-state index contributed by atoms with van der Waals surface area (Å²) in [5.74, 6) is 0.442. The lowest BCUT2D eigenvalue weighted by atomic mass is 10.0. The highest BCUT2D eigenvalue weighted by atomic mass is 16.5. The van der Waals surface area contributed by atoms with E-state index < -0.39 is 0 Å². The van der Waals surface area contributed by atoms with E-state index in [1.165, 1.54) is 0 Å². The van der Waals surface area contributed by atoms with Gasteiger partial charge < -0.3 is 4.74 Å². The van der Waals surface area contributed by atoms with Gasteiger partial charge in [-0.3, -0.25) is 4.79 Å². The molecule has 1 aliphatic heterocycles. The first-order valence-electron chi connectivity index (χ1n) is 3.22. The largest absolute Gasteiger partial charge is 0.458 e. The van der Waals surface area contributed by atoms with Gasteiger partial charge in [-0.25, -0.2) is 0 Å². The summed E-state index contributed by atoms with van der Waals surface area (Å²) in [4.78, 5) is 10.7. The van der Waals surface area contributed by atoms with Crippen LogP contribution in [0.25, 0.3) is 0 Å². The SMILES string of the molecule is O=C1CC2C=CC(C2)O1. The van der Waals surface area contributed by atoms with Crippen molar-refractivity contribution in [3.63, 3.8) is 0 Å². The molecule has 1 saturated heterocycles. The van der Waals surface area contributed by atoms with Crippen molar-refractivity contribution in [3.05, 3.63) is 12.2 Å². The first-order valence-corrected chi connectivity index (χ1v) is 3.22. The van der Waals surface area contributed by atoms with Crippen LogP contribution in [0.15, 0.2) is 12.2 Å². The van der Waals surface area contributed by atoms with E-state index in [-0.39, 0.29) is 12.1 Å². The van der Waals surface area contributed by atoms with Gasteiger partial charge in [-0.05, 0) is 18.4 Å². The van der Waals surface area contributed by atoms with Crippen LogP contribution in [0.5, 0.6) is 0 Å². The summed E-state index contributed by atoms with van der Waals surface area (Å²) in [6.07, 6.45) is 5.78. The normalized spacial score (nSPS) is 38.9. The maximum Gasteiger partial charge on any atom is 0.306 e. The van der Waals surface area contributed by atoms with Gasteiger partial charge in [-0.15, -0.1) is 0 Å². The fourth-order valence-electron chi connectivity index (χ4n) is 1.41.